The minimum absolute atomic E-state index is 0.0788. The van der Waals surface area contributed by atoms with E-state index in [9.17, 15) is 13.2 Å². The van der Waals surface area contributed by atoms with Crippen molar-refractivity contribution in [2.24, 2.45) is 0 Å². The first-order valence-electron chi connectivity index (χ1n) is 7.41. The molecule has 8 heteroatoms. The molecule has 1 aliphatic rings. The van der Waals surface area contributed by atoms with Gasteiger partial charge in [0.15, 0.2) is 0 Å². The molecule has 2 rings (SSSR count). The fourth-order valence-electron chi connectivity index (χ4n) is 2.50. The summed E-state index contributed by atoms with van der Waals surface area (Å²) in [7, 11) is 1.21. The first-order valence-corrected chi connectivity index (χ1v) is 8.80. The molecule has 1 aromatic rings. The number of piperazine rings is 1. The number of hydrogen-bond donors (Lipinski definition) is 0. The third kappa shape index (κ3) is 4.08. The standard InChI is InChI=1S/C15H23N3O4S/c1-16(2)23(20,21)18-9-7-17(8-10-18)15(19)14-6-4-5-13(11-14)12-22-3/h4-6,11H,7-10,12H2,1-3H3. The summed E-state index contributed by atoms with van der Waals surface area (Å²) in [5.74, 6) is -0.0788. The molecule has 0 radical (unpaired) electrons. The zero-order valence-corrected chi connectivity index (χ0v) is 14.5. The van der Waals surface area contributed by atoms with Crippen molar-refractivity contribution in [3.8, 4) is 0 Å². The van der Waals surface area contributed by atoms with E-state index in [0.29, 0.717) is 38.3 Å². The Labute approximate surface area is 137 Å². The van der Waals surface area contributed by atoms with Gasteiger partial charge in [0.05, 0.1) is 6.61 Å². The molecule has 0 aromatic heterocycles. The maximum Gasteiger partial charge on any atom is 0.281 e. The number of methoxy groups -OCH3 is 1. The van der Waals surface area contributed by atoms with Crippen molar-refractivity contribution in [2.75, 3.05) is 47.4 Å². The molecule has 0 saturated carbocycles. The maximum atomic E-state index is 12.6. The Morgan fingerprint density at radius 3 is 2.43 bits per heavy atom. The van der Waals surface area contributed by atoms with Crippen LogP contribution in [-0.2, 0) is 21.6 Å². The molecule has 7 nitrogen and oxygen atoms in total. The Bertz CT molecular complexity index is 652. The van der Waals surface area contributed by atoms with Crippen LogP contribution in [0.5, 0.6) is 0 Å². The summed E-state index contributed by atoms with van der Waals surface area (Å²) in [5.41, 5.74) is 1.54. The van der Waals surface area contributed by atoms with Crippen LogP contribution >= 0.6 is 0 Å². The Balaban J connectivity index is 2.03. The van der Waals surface area contributed by atoms with Crippen molar-refractivity contribution in [1.82, 2.24) is 13.5 Å². The number of ether oxygens (including phenoxy) is 1. The molecule has 23 heavy (non-hydrogen) atoms. The SMILES string of the molecule is COCc1cccc(C(=O)N2CCN(S(=O)(=O)N(C)C)CC2)c1. The second-order valence-corrected chi connectivity index (χ2v) is 7.76. The highest BCUT2D eigenvalue weighted by Crippen LogP contribution is 2.14. The zero-order chi connectivity index (χ0) is 17.0. The Morgan fingerprint density at radius 1 is 1.22 bits per heavy atom. The molecule has 0 aliphatic carbocycles. The molecule has 0 spiro atoms. The number of nitrogens with zero attached hydrogens (tertiary/aromatic N) is 3. The molecule has 1 amide bonds. The maximum absolute atomic E-state index is 12.6. The molecular formula is C15H23N3O4S. The van der Waals surface area contributed by atoms with E-state index in [4.69, 9.17) is 4.74 Å². The lowest BCUT2D eigenvalue weighted by atomic mass is 10.1. The van der Waals surface area contributed by atoms with E-state index in [1.807, 2.05) is 18.2 Å². The van der Waals surface area contributed by atoms with Gasteiger partial charge >= 0.3 is 0 Å². The van der Waals surface area contributed by atoms with Crippen LogP contribution in [0, 0.1) is 0 Å². The summed E-state index contributed by atoms with van der Waals surface area (Å²) in [6, 6.07) is 7.31. The topological polar surface area (TPSA) is 70.2 Å². The molecule has 0 bridgehead atoms. The average molecular weight is 341 g/mol. The van der Waals surface area contributed by atoms with Crippen LogP contribution < -0.4 is 0 Å². The van der Waals surface area contributed by atoms with E-state index in [-0.39, 0.29) is 5.91 Å². The van der Waals surface area contributed by atoms with Gasteiger partial charge in [-0.15, -0.1) is 0 Å². The zero-order valence-electron chi connectivity index (χ0n) is 13.7. The van der Waals surface area contributed by atoms with Crippen LogP contribution in [-0.4, -0.2) is 75.2 Å². The number of carbonyl (C=O) groups is 1. The molecule has 0 N–H and O–H groups in total. The van der Waals surface area contributed by atoms with Gasteiger partial charge in [-0.2, -0.15) is 17.0 Å². The Morgan fingerprint density at radius 2 is 1.87 bits per heavy atom. The summed E-state index contributed by atoms with van der Waals surface area (Å²) in [6.07, 6.45) is 0. The predicted octanol–water partition coefficient (Wildman–Crippen LogP) is 0.397. The molecule has 1 fully saturated rings. The van der Waals surface area contributed by atoms with Crippen molar-refractivity contribution in [2.45, 2.75) is 6.61 Å². The monoisotopic (exact) mass is 341 g/mol. The molecular weight excluding hydrogens is 318 g/mol. The highest BCUT2D eigenvalue weighted by atomic mass is 32.2. The lowest BCUT2D eigenvalue weighted by Gasteiger charge is -2.35. The van der Waals surface area contributed by atoms with Crippen molar-refractivity contribution >= 4 is 16.1 Å². The van der Waals surface area contributed by atoms with Gasteiger partial charge in [-0.3, -0.25) is 4.79 Å². The van der Waals surface area contributed by atoms with Gasteiger partial charge in [0.25, 0.3) is 16.1 Å². The van der Waals surface area contributed by atoms with Crippen molar-refractivity contribution in [3.63, 3.8) is 0 Å². The van der Waals surface area contributed by atoms with E-state index in [2.05, 4.69) is 0 Å². The number of benzene rings is 1. The van der Waals surface area contributed by atoms with E-state index in [0.717, 1.165) is 5.56 Å². The second kappa shape index (κ2) is 7.39. The molecule has 1 aliphatic heterocycles. The summed E-state index contributed by atoms with van der Waals surface area (Å²) in [5, 5.41) is 0. The van der Waals surface area contributed by atoms with Gasteiger partial charge in [-0.25, -0.2) is 0 Å². The summed E-state index contributed by atoms with van der Waals surface area (Å²) in [4.78, 5) is 14.2. The third-order valence-corrected chi connectivity index (χ3v) is 5.74. The van der Waals surface area contributed by atoms with Crippen LogP contribution in [0.25, 0.3) is 0 Å². The smallest absolute Gasteiger partial charge is 0.281 e. The average Bonchev–Trinajstić information content (AvgIpc) is 2.54. The van der Waals surface area contributed by atoms with Crippen LogP contribution in [0.4, 0.5) is 0 Å². The van der Waals surface area contributed by atoms with E-state index in [1.54, 1.807) is 18.1 Å². The molecule has 1 heterocycles. The lowest BCUT2D eigenvalue weighted by Crippen LogP contribution is -2.53. The van der Waals surface area contributed by atoms with Crippen molar-refractivity contribution < 1.29 is 17.9 Å². The lowest BCUT2D eigenvalue weighted by molar-refractivity contribution is 0.0695. The van der Waals surface area contributed by atoms with Crippen LogP contribution in [0.3, 0.4) is 0 Å². The predicted molar refractivity (Wildman–Crippen MR) is 87.2 cm³/mol. The third-order valence-electron chi connectivity index (χ3n) is 3.80. The van der Waals surface area contributed by atoms with Gasteiger partial charge < -0.3 is 9.64 Å². The van der Waals surface area contributed by atoms with E-state index in [1.165, 1.54) is 22.7 Å². The number of carbonyl (C=O) groups excluding carboxylic acids is 1. The summed E-state index contributed by atoms with van der Waals surface area (Å²) < 4.78 is 31.8. The second-order valence-electron chi connectivity index (χ2n) is 5.61. The molecule has 128 valence electrons. The van der Waals surface area contributed by atoms with Gasteiger partial charge in [0.2, 0.25) is 0 Å². The first-order chi connectivity index (χ1) is 10.9. The number of amides is 1. The summed E-state index contributed by atoms with van der Waals surface area (Å²) >= 11 is 0. The fourth-order valence-corrected chi connectivity index (χ4v) is 3.58. The van der Waals surface area contributed by atoms with E-state index >= 15 is 0 Å². The van der Waals surface area contributed by atoms with E-state index < -0.39 is 10.2 Å². The number of rotatable bonds is 5. The van der Waals surface area contributed by atoms with Crippen LogP contribution in [0.2, 0.25) is 0 Å². The molecule has 0 atom stereocenters. The minimum atomic E-state index is -3.42. The van der Waals surface area contributed by atoms with Crippen molar-refractivity contribution in [1.29, 1.82) is 0 Å². The number of hydrogen-bond acceptors (Lipinski definition) is 4. The van der Waals surface area contributed by atoms with Gasteiger partial charge in [0.1, 0.15) is 0 Å². The highest BCUT2D eigenvalue weighted by Gasteiger charge is 2.30. The van der Waals surface area contributed by atoms with Gasteiger partial charge in [-0.1, -0.05) is 12.1 Å². The molecule has 1 saturated heterocycles. The van der Waals surface area contributed by atoms with Crippen LogP contribution in [0.1, 0.15) is 15.9 Å². The fraction of sp³-hybridized carbons (Fsp3) is 0.533. The summed E-state index contributed by atoms with van der Waals surface area (Å²) in [6.45, 7) is 1.85. The highest BCUT2D eigenvalue weighted by molar-refractivity contribution is 7.86. The largest absolute Gasteiger partial charge is 0.380 e. The van der Waals surface area contributed by atoms with Crippen molar-refractivity contribution in [3.05, 3.63) is 35.4 Å². The minimum Gasteiger partial charge on any atom is -0.380 e. The van der Waals surface area contributed by atoms with Crippen LogP contribution in [0.15, 0.2) is 24.3 Å². The van der Waals surface area contributed by atoms with Gasteiger partial charge in [0, 0.05) is 52.9 Å². The molecule has 1 aromatic carbocycles. The molecule has 0 unspecified atom stereocenters. The normalized spacial score (nSPS) is 16.8. The van der Waals surface area contributed by atoms with Gasteiger partial charge in [-0.05, 0) is 17.7 Å². The quantitative estimate of drug-likeness (QED) is 0.777. The Hall–Kier alpha value is -1.48. The first kappa shape index (κ1) is 17.9. The Kier molecular flexibility index (Phi) is 5.74.